The largest absolute Gasteiger partial charge is 0.481 e. The van der Waals surface area contributed by atoms with Crippen LogP contribution in [0.3, 0.4) is 0 Å². The van der Waals surface area contributed by atoms with Gasteiger partial charge in [-0.25, -0.2) is 9.97 Å². The lowest BCUT2D eigenvalue weighted by molar-refractivity contribution is -0.144. The first-order valence-electron chi connectivity index (χ1n) is 14.5. The fourth-order valence-electron chi connectivity index (χ4n) is 5.37. The molecule has 0 spiro atoms. The Balaban J connectivity index is 1.58. The number of anilines is 2. The lowest BCUT2D eigenvalue weighted by Crippen LogP contribution is -2.37. The zero-order valence-corrected chi connectivity index (χ0v) is 24.9. The van der Waals surface area contributed by atoms with Crippen LogP contribution in [-0.4, -0.2) is 45.2 Å². The molecule has 1 fully saturated rings. The molecule has 0 radical (unpaired) electrons. The molecule has 0 saturated carbocycles. The van der Waals surface area contributed by atoms with Gasteiger partial charge in [0, 0.05) is 31.2 Å². The van der Waals surface area contributed by atoms with E-state index in [1.165, 1.54) is 17.3 Å². The number of rotatable bonds is 9. The number of pyridine rings is 1. The minimum Gasteiger partial charge on any atom is -0.481 e. The second kappa shape index (κ2) is 13.1. The zero-order valence-electron chi connectivity index (χ0n) is 24.9. The van der Waals surface area contributed by atoms with Crippen molar-refractivity contribution in [1.82, 2.24) is 15.0 Å². The number of aliphatic carboxylic acids is 1. The Kier molecular flexibility index (Phi) is 9.38. The van der Waals surface area contributed by atoms with Crippen LogP contribution < -0.4 is 9.80 Å². The predicted octanol–water partition coefficient (Wildman–Crippen LogP) is 7.49. The van der Waals surface area contributed by atoms with E-state index < -0.39 is 54.2 Å². The topological polar surface area (TPSA) is 91.7 Å². The number of hydrogen-bond donors (Lipinski definition) is 1. The molecule has 46 heavy (non-hydrogen) atoms. The number of benzene rings is 2. The molecule has 14 heteroatoms. The molecule has 1 aliphatic heterocycles. The van der Waals surface area contributed by atoms with Crippen molar-refractivity contribution in [3.63, 3.8) is 0 Å². The van der Waals surface area contributed by atoms with Gasteiger partial charge in [0.25, 0.3) is 0 Å². The van der Waals surface area contributed by atoms with Crippen molar-refractivity contribution >= 4 is 28.4 Å². The minimum atomic E-state index is -5.03. The van der Waals surface area contributed by atoms with Gasteiger partial charge in [0.2, 0.25) is 5.95 Å². The molecule has 0 bridgehead atoms. The van der Waals surface area contributed by atoms with Crippen molar-refractivity contribution in [3.8, 4) is 0 Å². The van der Waals surface area contributed by atoms with E-state index in [0.29, 0.717) is 49.4 Å². The van der Waals surface area contributed by atoms with Crippen molar-refractivity contribution in [1.29, 1.82) is 0 Å². The third-order valence-corrected chi connectivity index (χ3v) is 7.68. The molecule has 1 saturated heterocycles. The van der Waals surface area contributed by atoms with Gasteiger partial charge in [-0.05, 0) is 61.9 Å². The van der Waals surface area contributed by atoms with Crippen LogP contribution in [0.5, 0.6) is 0 Å². The molecule has 2 aromatic heterocycles. The van der Waals surface area contributed by atoms with Gasteiger partial charge in [-0.3, -0.25) is 9.78 Å². The van der Waals surface area contributed by atoms with Gasteiger partial charge in [0.1, 0.15) is 0 Å². The van der Waals surface area contributed by atoms with Crippen molar-refractivity contribution < 1.29 is 41.0 Å². The lowest BCUT2D eigenvalue weighted by atomic mass is 9.97. The van der Waals surface area contributed by atoms with E-state index in [2.05, 4.69) is 15.0 Å². The highest BCUT2D eigenvalue weighted by Gasteiger charge is 2.38. The van der Waals surface area contributed by atoms with Gasteiger partial charge in [0.05, 0.1) is 46.9 Å². The first-order valence-corrected chi connectivity index (χ1v) is 14.5. The van der Waals surface area contributed by atoms with Crippen LogP contribution in [0.4, 0.5) is 38.0 Å². The van der Waals surface area contributed by atoms with E-state index in [0.717, 1.165) is 10.8 Å². The van der Waals surface area contributed by atoms with Crippen molar-refractivity contribution in [2.24, 2.45) is 5.92 Å². The summed E-state index contributed by atoms with van der Waals surface area (Å²) < 4.78 is 88.7. The summed E-state index contributed by atoms with van der Waals surface area (Å²) in [6, 6.07) is 10.5. The zero-order chi connectivity index (χ0) is 33.2. The number of alkyl halides is 6. The van der Waals surface area contributed by atoms with Crippen LogP contribution in [-0.2, 0) is 28.4 Å². The normalized spacial score (nSPS) is 15.4. The molecule has 5 rings (SSSR count). The predicted molar refractivity (Wildman–Crippen MR) is 158 cm³/mol. The second-order valence-corrected chi connectivity index (χ2v) is 11.4. The van der Waals surface area contributed by atoms with Crippen molar-refractivity contribution in [3.05, 3.63) is 89.5 Å². The van der Waals surface area contributed by atoms with Crippen molar-refractivity contribution in [2.75, 3.05) is 22.9 Å². The highest BCUT2D eigenvalue weighted by molar-refractivity contribution is 5.81. The maximum absolute atomic E-state index is 13.8. The Bertz CT molecular complexity index is 1640. The van der Waals surface area contributed by atoms with Gasteiger partial charge in [-0.1, -0.05) is 24.3 Å². The molecule has 0 aliphatic carbocycles. The molecule has 0 amide bonds. The smallest absolute Gasteiger partial charge is 0.416 e. The summed E-state index contributed by atoms with van der Waals surface area (Å²) in [5.74, 6) is -1.33. The van der Waals surface area contributed by atoms with Crippen LogP contribution in [0.2, 0.25) is 0 Å². The maximum atomic E-state index is 13.8. The SMILES string of the molecule is CC(C)OC(c1cc2ccccc2cn1)N(Cc1cc(C(F)(F)F)cc(C(F)(F)F)c1)c1ncc(N2CCC(C(=O)O)CC2)cn1. The average Bonchev–Trinajstić information content (AvgIpc) is 3.01. The van der Waals surface area contributed by atoms with Gasteiger partial charge in [0.15, 0.2) is 6.23 Å². The number of hydrogen-bond acceptors (Lipinski definition) is 7. The number of piperidine rings is 1. The van der Waals surface area contributed by atoms with Crippen LogP contribution in [0.1, 0.15) is 55.3 Å². The van der Waals surface area contributed by atoms with Gasteiger partial charge in [-0.15, -0.1) is 0 Å². The average molecular weight is 648 g/mol. The fourth-order valence-corrected chi connectivity index (χ4v) is 5.37. The number of aromatic nitrogens is 3. The van der Waals surface area contributed by atoms with E-state index in [1.807, 2.05) is 29.2 Å². The molecule has 244 valence electrons. The van der Waals surface area contributed by atoms with Gasteiger partial charge in [-0.2, -0.15) is 26.3 Å². The van der Waals surface area contributed by atoms with Gasteiger partial charge < -0.3 is 19.6 Å². The molecule has 1 atom stereocenters. The number of halogens is 6. The summed E-state index contributed by atoms with van der Waals surface area (Å²) in [4.78, 5) is 28.1. The van der Waals surface area contributed by atoms with Crippen LogP contribution in [0.25, 0.3) is 10.8 Å². The Labute approximate surface area is 260 Å². The standard InChI is InChI=1S/C32H31F6N5O3/c1-19(2)46-28(27-13-22-5-3-4-6-23(22)15-39-27)43(18-20-11-24(31(33,34)35)14-25(12-20)32(36,37)38)30-40-16-26(17-41-30)42-9-7-21(8-10-42)29(44)45/h3-6,11-17,19,21,28H,7-10,18H2,1-2H3,(H,44,45). The van der Waals surface area contributed by atoms with E-state index in [1.54, 1.807) is 26.1 Å². The highest BCUT2D eigenvalue weighted by atomic mass is 19.4. The summed E-state index contributed by atoms with van der Waals surface area (Å²) in [7, 11) is 0. The molecular weight excluding hydrogens is 616 g/mol. The Morgan fingerprint density at radius 1 is 0.913 bits per heavy atom. The molecular formula is C32H31F6N5O3. The summed E-state index contributed by atoms with van der Waals surface area (Å²) in [5, 5.41) is 10.9. The van der Waals surface area contributed by atoms with Crippen LogP contribution >= 0.6 is 0 Å². The fraction of sp³-hybridized carbons (Fsp3) is 0.375. The molecule has 8 nitrogen and oxygen atoms in total. The molecule has 2 aromatic carbocycles. The number of ether oxygens (including phenoxy) is 1. The van der Waals surface area contributed by atoms with Crippen LogP contribution in [0.15, 0.2) is 67.1 Å². The third kappa shape index (κ3) is 7.66. The molecule has 4 aromatic rings. The van der Waals surface area contributed by atoms with E-state index in [-0.39, 0.29) is 17.6 Å². The minimum absolute atomic E-state index is 0.0178. The highest BCUT2D eigenvalue weighted by Crippen LogP contribution is 2.38. The summed E-state index contributed by atoms with van der Waals surface area (Å²) >= 11 is 0. The number of fused-ring (bicyclic) bond motifs is 1. The van der Waals surface area contributed by atoms with Crippen molar-refractivity contribution in [2.45, 2.75) is 57.9 Å². The number of carbonyl (C=O) groups is 1. The lowest BCUT2D eigenvalue weighted by Gasteiger charge is -2.34. The van der Waals surface area contributed by atoms with E-state index in [9.17, 15) is 36.2 Å². The number of carboxylic acids is 1. The maximum Gasteiger partial charge on any atom is 0.416 e. The summed E-state index contributed by atoms with van der Waals surface area (Å²) in [6.45, 7) is 3.90. The molecule has 1 aliphatic rings. The summed E-state index contributed by atoms with van der Waals surface area (Å²) in [6.07, 6.45) is -6.16. The molecule has 1 N–H and O–H groups in total. The Morgan fingerprint density at radius 3 is 2.04 bits per heavy atom. The Morgan fingerprint density at radius 2 is 1.50 bits per heavy atom. The van der Waals surface area contributed by atoms with Gasteiger partial charge >= 0.3 is 18.3 Å². The summed E-state index contributed by atoms with van der Waals surface area (Å²) in [5.41, 5.74) is -2.23. The Hall–Kier alpha value is -4.46. The molecule has 1 unspecified atom stereocenters. The first kappa shape index (κ1) is 32.9. The number of nitrogens with zero attached hydrogens (tertiary/aromatic N) is 5. The van der Waals surface area contributed by atoms with E-state index >= 15 is 0 Å². The van der Waals surface area contributed by atoms with E-state index in [4.69, 9.17) is 4.74 Å². The molecule has 3 heterocycles. The monoisotopic (exact) mass is 647 g/mol. The quantitative estimate of drug-likeness (QED) is 0.148. The second-order valence-electron chi connectivity index (χ2n) is 11.4. The first-order chi connectivity index (χ1) is 21.7. The van der Waals surface area contributed by atoms with Crippen LogP contribution in [0, 0.1) is 5.92 Å². The number of carboxylic acid groups (broad SMARTS) is 1. The third-order valence-electron chi connectivity index (χ3n) is 7.68.